The van der Waals surface area contributed by atoms with E-state index in [1.807, 2.05) is 18.7 Å². The molecule has 0 aliphatic carbocycles. The number of para-hydroxylation sites is 1. The molecule has 1 aromatic rings. The molecule has 28 heavy (non-hydrogen) atoms. The number of amides is 4. The summed E-state index contributed by atoms with van der Waals surface area (Å²) in [5, 5.41) is 5.83. The van der Waals surface area contributed by atoms with Crippen molar-refractivity contribution < 1.29 is 14.4 Å². The van der Waals surface area contributed by atoms with Gasteiger partial charge in [0.25, 0.3) is 0 Å². The fourth-order valence-corrected chi connectivity index (χ4v) is 3.35. The first-order chi connectivity index (χ1) is 13.3. The van der Waals surface area contributed by atoms with Crippen LogP contribution >= 0.6 is 11.6 Å². The van der Waals surface area contributed by atoms with E-state index in [-0.39, 0.29) is 24.3 Å². The SMILES string of the molecule is CC(C)C[C@H](NC(N)=O)C(=O)N1CCN(CC(=O)Nc2ccccc2Cl)CC1. The molecular weight excluding hydrogens is 382 g/mol. The first kappa shape index (κ1) is 22.0. The van der Waals surface area contributed by atoms with Crippen LogP contribution in [0.3, 0.4) is 0 Å². The Kier molecular flexibility index (Phi) is 8.07. The van der Waals surface area contributed by atoms with Crippen LogP contribution in [0.2, 0.25) is 5.02 Å². The highest BCUT2D eigenvalue weighted by Gasteiger charge is 2.29. The highest BCUT2D eigenvalue weighted by atomic mass is 35.5. The summed E-state index contributed by atoms with van der Waals surface area (Å²) < 4.78 is 0. The van der Waals surface area contributed by atoms with Gasteiger partial charge in [-0.3, -0.25) is 14.5 Å². The zero-order chi connectivity index (χ0) is 20.7. The quantitative estimate of drug-likeness (QED) is 0.634. The van der Waals surface area contributed by atoms with Gasteiger partial charge in [0.15, 0.2) is 0 Å². The summed E-state index contributed by atoms with van der Waals surface area (Å²) in [6.45, 7) is 6.33. The Morgan fingerprint density at radius 2 is 1.79 bits per heavy atom. The summed E-state index contributed by atoms with van der Waals surface area (Å²) in [5.41, 5.74) is 5.78. The molecule has 0 saturated carbocycles. The molecule has 1 atom stereocenters. The Labute approximate surface area is 170 Å². The molecule has 2 rings (SSSR count). The summed E-state index contributed by atoms with van der Waals surface area (Å²) in [6.07, 6.45) is 0.530. The average Bonchev–Trinajstić information content (AvgIpc) is 2.62. The third-order valence-electron chi connectivity index (χ3n) is 4.52. The van der Waals surface area contributed by atoms with Crippen LogP contribution in [-0.4, -0.2) is 66.4 Å². The van der Waals surface area contributed by atoms with E-state index in [0.29, 0.717) is 43.3 Å². The maximum atomic E-state index is 12.7. The Morgan fingerprint density at radius 1 is 1.14 bits per heavy atom. The van der Waals surface area contributed by atoms with E-state index in [0.717, 1.165) is 0 Å². The minimum absolute atomic E-state index is 0.132. The Bertz CT molecular complexity index is 705. The lowest BCUT2D eigenvalue weighted by atomic mass is 10.0. The number of nitrogens with one attached hydrogen (secondary N) is 2. The molecule has 1 aromatic carbocycles. The van der Waals surface area contributed by atoms with Gasteiger partial charge in [-0.1, -0.05) is 37.6 Å². The van der Waals surface area contributed by atoms with Gasteiger partial charge in [0, 0.05) is 26.2 Å². The first-order valence-electron chi connectivity index (χ1n) is 9.37. The van der Waals surface area contributed by atoms with Crippen molar-refractivity contribution >= 4 is 35.1 Å². The van der Waals surface area contributed by atoms with Crippen LogP contribution in [0.4, 0.5) is 10.5 Å². The standard InChI is InChI=1S/C19H28ClN5O3/c1-13(2)11-16(23-19(21)28)18(27)25-9-7-24(8-10-25)12-17(26)22-15-6-4-3-5-14(15)20/h3-6,13,16H,7-12H2,1-2H3,(H,22,26)(H3,21,23,28)/t16-/m0/s1. The van der Waals surface area contributed by atoms with Crippen molar-refractivity contribution in [3.8, 4) is 0 Å². The van der Waals surface area contributed by atoms with Crippen molar-refractivity contribution in [1.82, 2.24) is 15.1 Å². The van der Waals surface area contributed by atoms with Crippen LogP contribution in [0.15, 0.2) is 24.3 Å². The molecule has 0 radical (unpaired) electrons. The second kappa shape index (κ2) is 10.3. The molecule has 1 fully saturated rings. The number of urea groups is 1. The number of hydrogen-bond donors (Lipinski definition) is 3. The number of rotatable bonds is 7. The minimum Gasteiger partial charge on any atom is -0.352 e. The van der Waals surface area contributed by atoms with Crippen molar-refractivity contribution in [1.29, 1.82) is 0 Å². The lowest BCUT2D eigenvalue weighted by Crippen LogP contribution is -2.56. The van der Waals surface area contributed by atoms with Gasteiger partial charge in [-0.2, -0.15) is 0 Å². The molecule has 0 spiro atoms. The molecule has 4 amide bonds. The predicted molar refractivity (Wildman–Crippen MR) is 109 cm³/mol. The molecule has 0 aromatic heterocycles. The number of hydrogen-bond acceptors (Lipinski definition) is 4. The number of carbonyl (C=O) groups excluding carboxylic acids is 3. The molecule has 1 aliphatic rings. The number of anilines is 1. The molecule has 9 heteroatoms. The fraction of sp³-hybridized carbons (Fsp3) is 0.526. The molecule has 1 heterocycles. The maximum absolute atomic E-state index is 12.7. The number of piperazine rings is 1. The van der Waals surface area contributed by atoms with Crippen molar-refractivity contribution in [2.45, 2.75) is 26.3 Å². The van der Waals surface area contributed by atoms with Gasteiger partial charge in [-0.25, -0.2) is 4.79 Å². The average molecular weight is 410 g/mol. The topological polar surface area (TPSA) is 108 Å². The van der Waals surface area contributed by atoms with Crippen molar-refractivity contribution in [3.05, 3.63) is 29.3 Å². The van der Waals surface area contributed by atoms with Crippen LogP contribution in [-0.2, 0) is 9.59 Å². The zero-order valence-corrected chi connectivity index (χ0v) is 17.0. The van der Waals surface area contributed by atoms with E-state index in [9.17, 15) is 14.4 Å². The van der Waals surface area contributed by atoms with Gasteiger partial charge in [-0.05, 0) is 24.5 Å². The summed E-state index contributed by atoms with van der Waals surface area (Å²) in [7, 11) is 0. The monoisotopic (exact) mass is 409 g/mol. The fourth-order valence-electron chi connectivity index (χ4n) is 3.17. The van der Waals surface area contributed by atoms with Gasteiger partial charge in [0.1, 0.15) is 6.04 Å². The molecular formula is C19H28ClN5O3. The lowest BCUT2D eigenvalue weighted by molar-refractivity contribution is -0.135. The summed E-state index contributed by atoms with van der Waals surface area (Å²) in [6, 6.07) is 5.75. The van der Waals surface area contributed by atoms with Crippen molar-refractivity contribution in [3.63, 3.8) is 0 Å². The van der Waals surface area contributed by atoms with Gasteiger partial charge in [0.05, 0.1) is 17.3 Å². The highest BCUT2D eigenvalue weighted by Crippen LogP contribution is 2.20. The zero-order valence-electron chi connectivity index (χ0n) is 16.3. The molecule has 1 saturated heterocycles. The van der Waals surface area contributed by atoms with Crippen LogP contribution in [0.25, 0.3) is 0 Å². The largest absolute Gasteiger partial charge is 0.352 e. The number of nitrogens with two attached hydrogens (primary N) is 1. The van der Waals surface area contributed by atoms with Crippen molar-refractivity contribution in [2.24, 2.45) is 11.7 Å². The van der Waals surface area contributed by atoms with Gasteiger partial charge in [0.2, 0.25) is 11.8 Å². The molecule has 0 unspecified atom stereocenters. The second-order valence-electron chi connectivity index (χ2n) is 7.32. The highest BCUT2D eigenvalue weighted by molar-refractivity contribution is 6.33. The lowest BCUT2D eigenvalue weighted by Gasteiger charge is -2.36. The minimum atomic E-state index is -0.700. The van der Waals surface area contributed by atoms with Crippen LogP contribution in [0.1, 0.15) is 20.3 Å². The van der Waals surface area contributed by atoms with Gasteiger partial charge >= 0.3 is 6.03 Å². The normalized spacial score (nSPS) is 15.9. The van der Waals surface area contributed by atoms with E-state index in [2.05, 4.69) is 10.6 Å². The number of primary amides is 1. The Morgan fingerprint density at radius 3 is 2.36 bits per heavy atom. The summed E-state index contributed by atoms with van der Waals surface area (Å²) >= 11 is 6.06. The number of benzene rings is 1. The van der Waals surface area contributed by atoms with E-state index >= 15 is 0 Å². The summed E-state index contributed by atoms with van der Waals surface area (Å²) in [4.78, 5) is 39.9. The number of halogens is 1. The van der Waals surface area contributed by atoms with E-state index in [1.165, 1.54) is 0 Å². The Balaban J connectivity index is 1.84. The summed E-state index contributed by atoms with van der Waals surface area (Å²) in [5.74, 6) is -0.0378. The number of nitrogens with zero attached hydrogens (tertiary/aromatic N) is 2. The molecule has 154 valence electrons. The van der Waals surface area contributed by atoms with E-state index in [4.69, 9.17) is 17.3 Å². The second-order valence-corrected chi connectivity index (χ2v) is 7.73. The molecule has 1 aliphatic heterocycles. The number of carbonyl (C=O) groups is 3. The third-order valence-corrected chi connectivity index (χ3v) is 4.85. The van der Waals surface area contributed by atoms with Gasteiger partial charge in [-0.15, -0.1) is 0 Å². The molecule has 4 N–H and O–H groups in total. The molecule has 0 bridgehead atoms. The van der Waals surface area contributed by atoms with Crippen molar-refractivity contribution in [2.75, 3.05) is 38.0 Å². The third kappa shape index (κ3) is 6.69. The van der Waals surface area contributed by atoms with Gasteiger partial charge < -0.3 is 21.3 Å². The van der Waals surface area contributed by atoms with E-state index in [1.54, 1.807) is 29.2 Å². The first-order valence-corrected chi connectivity index (χ1v) is 9.75. The maximum Gasteiger partial charge on any atom is 0.312 e. The van der Waals surface area contributed by atoms with E-state index < -0.39 is 12.1 Å². The Hall–Kier alpha value is -2.32. The van der Waals surface area contributed by atoms with Crippen LogP contribution < -0.4 is 16.4 Å². The van der Waals surface area contributed by atoms with Crippen LogP contribution in [0.5, 0.6) is 0 Å². The van der Waals surface area contributed by atoms with Crippen LogP contribution in [0, 0.1) is 5.92 Å². The smallest absolute Gasteiger partial charge is 0.312 e. The predicted octanol–water partition coefficient (Wildman–Crippen LogP) is 1.51. The molecule has 8 nitrogen and oxygen atoms in total.